The van der Waals surface area contributed by atoms with Crippen LogP contribution in [0.25, 0.3) is 0 Å². The van der Waals surface area contributed by atoms with Crippen LogP contribution in [0.4, 0.5) is 5.82 Å². The van der Waals surface area contributed by atoms with E-state index in [1.165, 1.54) is 32.1 Å². The highest BCUT2D eigenvalue weighted by molar-refractivity contribution is 8.14. The van der Waals surface area contributed by atoms with Gasteiger partial charge < -0.3 is 0 Å². The lowest BCUT2D eigenvalue weighted by Gasteiger charge is -2.25. The van der Waals surface area contributed by atoms with E-state index < -0.39 is 0 Å². The lowest BCUT2D eigenvalue weighted by molar-refractivity contribution is 0.349. The summed E-state index contributed by atoms with van der Waals surface area (Å²) >= 11 is 1.64. The molecule has 132 valence electrons. The van der Waals surface area contributed by atoms with Gasteiger partial charge in [-0.2, -0.15) is 0 Å². The number of fused-ring (bicyclic) bond motifs is 1. The Balaban J connectivity index is 1.76. The SMILES string of the molecule is CC1=Nc2c(c(=O)[nH]n2C2CCCCCCC2)[C@H](c2cccnc2)S1. The average Bonchev–Trinajstić information content (AvgIpc) is 2.91. The first-order valence-electron chi connectivity index (χ1n) is 9.20. The van der Waals surface area contributed by atoms with Crippen molar-refractivity contribution in [1.82, 2.24) is 14.8 Å². The van der Waals surface area contributed by atoms with Gasteiger partial charge in [0, 0.05) is 12.4 Å². The summed E-state index contributed by atoms with van der Waals surface area (Å²) in [5.41, 5.74) is 1.84. The molecule has 3 heterocycles. The first-order valence-corrected chi connectivity index (χ1v) is 10.1. The molecule has 1 saturated carbocycles. The number of nitrogens with zero attached hydrogens (tertiary/aromatic N) is 3. The lowest BCUT2D eigenvalue weighted by Crippen LogP contribution is -2.15. The number of aromatic amines is 1. The molecule has 1 fully saturated rings. The van der Waals surface area contributed by atoms with E-state index in [2.05, 4.69) is 14.8 Å². The first kappa shape index (κ1) is 16.6. The molecule has 1 aliphatic heterocycles. The molecule has 0 aromatic carbocycles. The molecule has 5 nitrogen and oxygen atoms in total. The van der Waals surface area contributed by atoms with Crippen LogP contribution >= 0.6 is 11.8 Å². The van der Waals surface area contributed by atoms with Crippen molar-refractivity contribution in [1.29, 1.82) is 0 Å². The number of hydrogen-bond donors (Lipinski definition) is 1. The van der Waals surface area contributed by atoms with E-state index in [0.29, 0.717) is 6.04 Å². The Hall–Kier alpha value is -1.82. The number of nitrogens with one attached hydrogen (secondary N) is 1. The maximum Gasteiger partial charge on any atom is 0.271 e. The maximum atomic E-state index is 12.8. The third-order valence-corrected chi connectivity index (χ3v) is 6.35. The summed E-state index contributed by atoms with van der Waals surface area (Å²) in [7, 11) is 0. The predicted octanol–water partition coefficient (Wildman–Crippen LogP) is 4.74. The molecular formula is C19H24N4OS. The van der Waals surface area contributed by atoms with Crippen molar-refractivity contribution < 1.29 is 0 Å². The fourth-order valence-corrected chi connectivity index (χ4v) is 5.02. The maximum absolute atomic E-state index is 12.8. The Labute approximate surface area is 151 Å². The molecule has 4 rings (SSSR count). The van der Waals surface area contributed by atoms with Gasteiger partial charge in [0.1, 0.15) is 0 Å². The van der Waals surface area contributed by atoms with E-state index in [9.17, 15) is 4.79 Å². The van der Waals surface area contributed by atoms with E-state index in [0.717, 1.165) is 34.8 Å². The predicted molar refractivity (Wildman–Crippen MR) is 103 cm³/mol. The van der Waals surface area contributed by atoms with Gasteiger partial charge in [0.05, 0.1) is 21.9 Å². The summed E-state index contributed by atoms with van der Waals surface area (Å²) in [5, 5.41) is 4.09. The molecule has 25 heavy (non-hydrogen) atoms. The molecule has 1 atom stereocenters. The molecule has 2 aromatic heterocycles. The summed E-state index contributed by atoms with van der Waals surface area (Å²) in [6.45, 7) is 2.02. The van der Waals surface area contributed by atoms with Crippen molar-refractivity contribution >= 4 is 22.6 Å². The highest BCUT2D eigenvalue weighted by Gasteiger charge is 2.31. The van der Waals surface area contributed by atoms with Crippen LogP contribution in [0.15, 0.2) is 34.3 Å². The molecule has 2 aliphatic rings. The van der Waals surface area contributed by atoms with Crippen molar-refractivity contribution in [3.8, 4) is 0 Å². The van der Waals surface area contributed by atoms with Gasteiger partial charge in [0.2, 0.25) is 0 Å². The van der Waals surface area contributed by atoms with Crippen LogP contribution in [0.3, 0.4) is 0 Å². The summed E-state index contributed by atoms with van der Waals surface area (Å²) < 4.78 is 2.07. The normalized spacial score (nSPS) is 22.0. The Morgan fingerprint density at radius 3 is 2.68 bits per heavy atom. The highest BCUT2D eigenvalue weighted by atomic mass is 32.2. The zero-order valence-corrected chi connectivity index (χ0v) is 15.4. The number of pyridine rings is 1. The third-order valence-electron chi connectivity index (χ3n) is 5.18. The summed E-state index contributed by atoms with van der Waals surface area (Å²) in [5.74, 6) is 0.834. The van der Waals surface area contributed by atoms with E-state index in [4.69, 9.17) is 4.99 Å². The topological polar surface area (TPSA) is 63.0 Å². The fourth-order valence-electron chi connectivity index (χ4n) is 3.93. The van der Waals surface area contributed by atoms with Crippen LogP contribution in [0, 0.1) is 0 Å². The molecule has 1 N–H and O–H groups in total. The Morgan fingerprint density at radius 2 is 1.96 bits per heavy atom. The third kappa shape index (κ3) is 3.32. The van der Waals surface area contributed by atoms with E-state index in [1.807, 2.05) is 25.3 Å². The minimum atomic E-state index is -0.0280. The highest BCUT2D eigenvalue weighted by Crippen LogP contribution is 2.44. The second-order valence-corrected chi connectivity index (χ2v) is 8.26. The number of thioether (sulfide) groups is 1. The molecule has 0 bridgehead atoms. The van der Waals surface area contributed by atoms with Crippen molar-refractivity contribution in [2.24, 2.45) is 4.99 Å². The lowest BCUT2D eigenvalue weighted by atomic mass is 9.97. The minimum absolute atomic E-state index is 0.00494. The largest absolute Gasteiger partial charge is 0.271 e. The molecule has 0 radical (unpaired) electrons. The van der Waals surface area contributed by atoms with Gasteiger partial charge in [-0.25, -0.2) is 4.99 Å². The van der Waals surface area contributed by atoms with Crippen LogP contribution < -0.4 is 5.56 Å². The van der Waals surface area contributed by atoms with E-state index in [-0.39, 0.29) is 10.8 Å². The number of rotatable bonds is 2. The van der Waals surface area contributed by atoms with Gasteiger partial charge >= 0.3 is 0 Å². The van der Waals surface area contributed by atoms with Crippen molar-refractivity contribution in [2.45, 2.75) is 63.2 Å². The molecule has 6 heteroatoms. The van der Waals surface area contributed by atoms with Gasteiger partial charge in [-0.15, -0.1) is 0 Å². The first-order chi connectivity index (χ1) is 12.2. The number of hydrogen-bond acceptors (Lipinski definition) is 4. The van der Waals surface area contributed by atoms with Crippen molar-refractivity contribution in [2.75, 3.05) is 0 Å². The monoisotopic (exact) mass is 356 g/mol. The van der Waals surface area contributed by atoms with E-state index >= 15 is 0 Å². The molecule has 2 aromatic rings. The number of aromatic nitrogens is 3. The van der Waals surface area contributed by atoms with Crippen LogP contribution in [0.2, 0.25) is 0 Å². The van der Waals surface area contributed by atoms with E-state index in [1.54, 1.807) is 18.0 Å². The number of H-pyrrole nitrogens is 1. The Bertz CT molecular complexity index is 816. The average molecular weight is 356 g/mol. The number of aliphatic imine (C=N–C) groups is 1. The summed E-state index contributed by atoms with van der Waals surface area (Å²) in [4.78, 5) is 21.8. The smallest absolute Gasteiger partial charge is 0.268 e. The van der Waals surface area contributed by atoms with Crippen molar-refractivity contribution in [3.05, 3.63) is 46.0 Å². The van der Waals surface area contributed by atoms with Crippen molar-refractivity contribution in [3.63, 3.8) is 0 Å². The second kappa shape index (κ2) is 7.20. The molecule has 0 spiro atoms. The molecule has 1 aliphatic carbocycles. The molecule has 0 amide bonds. The van der Waals surface area contributed by atoms with Gasteiger partial charge in [0.25, 0.3) is 5.56 Å². The van der Waals surface area contributed by atoms with Crippen LogP contribution in [0.5, 0.6) is 0 Å². The summed E-state index contributed by atoms with van der Waals surface area (Å²) in [6, 6.07) is 4.32. The molecular weight excluding hydrogens is 332 g/mol. The Morgan fingerprint density at radius 1 is 1.20 bits per heavy atom. The molecule has 0 saturated heterocycles. The van der Waals surface area contributed by atoms with Gasteiger partial charge in [-0.3, -0.25) is 19.6 Å². The van der Waals surface area contributed by atoms with Crippen LogP contribution in [0.1, 0.15) is 74.3 Å². The summed E-state index contributed by atoms with van der Waals surface area (Å²) in [6.07, 6.45) is 12.2. The minimum Gasteiger partial charge on any atom is -0.268 e. The second-order valence-electron chi connectivity index (χ2n) is 6.96. The van der Waals surface area contributed by atoms with Gasteiger partial charge in [-0.05, 0) is 31.4 Å². The molecule has 0 unspecified atom stereocenters. The van der Waals surface area contributed by atoms with Crippen LogP contribution in [-0.4, -0.2) is 19.8 Å². The standard InChI is InChI=1S/C19H24N4OS/c1-13-21-18-16(17(25-13)14-8-7-11-20-12-14)19(24)22-23(18)15-9-5-3-2-4-6-10-15/h7-8,11-12,15,17H,2-6,9-10H2,1H3,(H,22,24)/t17-/m0/s1. The quantitative estimate of drug-likeness (QED) is 0.845. The fraction of sp³-hybridized carbons (Fsp3) is 0.526. The zero-order valence-electron chi connectivity index (χ0n) is 14.6. The zero-order chi connectivity index (χ0) is 17.2. The van der Waals surface area contributed by atoms with Gasteiger partial charge in [-0.1, -0.05) is 49.9 Å². The Kier molecular flexibility index (Phi) is 4.79. The van der Waals surface area contributed by atoms with Gasteiger partial charge in [0.15, 0.2) is 5.82 Å². The van der Waals surface area contributed by atoms with Crippen LogP contribution in [-0.2, 0) is 0 Å².